The molecule has 0 heterocycles. The van der Waals surface area contributed by atoms with Crippen molar-refractivity contribution in [2.75, 3.05) is 6.54 Å². The van der Waals surface area contributed by atoms with Crippen molar-refractivity contribution >= 4 is 29.3 Å². The standard InChI is InChI=1S/C15H18ClNO4/c1-10-4-2-3-5-11(10)8-13(16)15(20)21-14(19)7-6-12(18)9-17/h2-5,13H,6-9,17H2,1H3. The van der Waals surface area contributed by atoms with Gasteiger partial charge in [0.2, 0.25) is 0 Å². The van der Waals surface area contributed by atoms with E-state index in [1.165, 1.54) is 0 Å². The van der Waals surface area contributed by atoms with E-state index < -0.39 is 17.3 Å². The molecule has 0 radical (unpaired) electrons. The number of hydrogen-bond acceptors (Lipinski definition) is 5. The number of rotatable bonds is 7. The van der Waals surface area contributed by atoms with E-state index in [1.807, 2.05) is 31.2 Å². The zero-order valence-electron chi connectivity index (χ0n) is 11.8. The zero-order valence-corrected chi connectivity index (χ0v) is 12.6. The third-order valence-corrected chi connectivity index (χ3v) is 3.30. The van der Waals surface area contributed by atoms with Crippen LogP contribution < -0.4 is 5.73 Å². The van der Waals surface area contributed by atoms with Crippen molar-refractivity contribution in [1.29, 1.82) is 0 Å². The fourth-order valence-corrected chi connectivity index (χ4v) is 1.90. The number of aryl methyl sites for hydroxylation is 1. The summed E-state index contributed by atoms with van der Waals surface area (Å²) in [5.41, 5.74) is 7.04. The highest BCUT2D eigenvalue weighted by molar-refractivity contribution is 6.30. The predicted molar refractivity (Wildman–Crippen MR) is 78.9 cm³/mol. The number of halogens is 1. The van der Waals surface area contributed by atoms with Crippen LogP contribution in [0, 0.1) is 6.92 Å². The van der Waals surface area contributed by atoms with Gasteiger partial charge in [-0.05, 0) is 24.5 Å². The largest absolute Gasteiger partial charge is 0.392 e. The number of carbonyl (C=O) groups excluding carboxylic acids is 3. The van der Waals surface area contributed by atoms with Crippen LogP contribution in [0.3, 0.4) is 0 Å². The average Bonchev–Trinajstić information content (AvgIpc) is 2.46. The Hall–Kier alpha value is -1.72. The summed E-state index contributed by atoms with van der Waals surface area (Å²) in [7, 11) is 0. The van der Waals surface area contributed by atoms with E-state index in [0.717, 1.165) is 11.1 Å². The van der Waals surface area contributed by atoms with Crippen LogP contribution in [0.5, 0.6) is 0 Å². The number of nitrogens with two attached hydrogens (primary N) is 1. The topological polar surface area (TPSA) is 86.5 Å². The molecule has 0 amide bonds. The highest BCUT2D eigenvalue weighted by Gasteiger charge is 2.21. The monoisotopic (exact) mass is 311 g/mol. The molecule has 0 aromatic heterocycles. The quantitative estimate of drug-likeness (QED) is 0.469. The fourth-order valence-electron chi connectivity index (χ4n) is 1.69. The molecular weight excluding hydrogens is 294 g/mol. The van der Waals surface area contributed by atoms with Crippen molar-refractivity contribution in [2.24, 2.45) is 5.73 Å². The molecule has 0 saturated carbocycles. The van der Waals surface area contributed by atoms with Crippen molar-refractivity contribution in [3.63, 3.8) is 0 Å². The van der Waals surface area contributed by atoms with Gasteiger partial charge in [0, 0.05) is 6.42 Å². The molecule has 0 bridgehead atoms. The maximum atomic E-state index is 11.7. The van der Waals surface area contributed by atoms with Gasteiger partial charge in [0.05, 0.1) is 13.0 Å². The molecule has 1 unspecified atom stereocenters. The number of esters is 2. The highest BCUT2D eigenvalue weighted by Crippen LogP contribution is 2.14. The SMILES string of the molecule is Cc1ccccc1CC(Cl)C(=O)OC(=O)CCC(=O)CN. The number of ether oxygens (including phenoxy) is 1. The number of ketones is 1. The van der Waals surface area contributed by atoms with Gasteiger partial charge in [-0.25, -0.2) is 4.79 Å². The number of benzene rings is 1. The summed E-state index contributed by atoms with van der Waals surface area (Å²) in [6.45, 7) is 1.78. The van der Waals surface area contributed by atoms with Crippen molar-refractivity contribution in [3.05, 3.63) is 35.4 Å². The minimum atomic E-state index is -0.944. The molecule has 0 aliphatic rings. The number of alkyl halides is 1. The lowest BCUT2D eigenvalue weighted by Gasteiger charge is -2.10. The molecule has 6 heteroatoms. The Morgan fingerprint density at radius 3 is 2.52 bits per heavy atom. The fraction of sp³-hybridized carbons (Fsp3) is 0.400. The van der Waals surface area contributed by atoms with Crippen LogP contribution >= 0.6 is 11.6 Å². The molecule has 2 N–H and O–H groups in total. The van der Waals surface area contributed by atoms with Gasteiger partial charge < -0.3 is 10.5 Å². The maximum absolute atomic E-state index is 11.7. The molecule has 1 aromatic carbocycles. The van der Waals surface area contributed by atoms with E-state index in [4.69, 9.17) is 17.3 Å². The third-order valence-electron chi connectivity index (χ3n) is 2.97. The van der Waals surface area contributed by atoms with Gasteiger partial charge >= 0.3 is 11.9 Å². The molecule has 114 valence electrons. The van der Waals surface area contributed by atoms with Gasteiger partial charge in [-0.3, -0.25) is 9.59 Å². The summed E-state index contributed by atoms with van der Waals surface area (Å²) in [6.07, 6.45) is 0.0746. The molecule has 0 saturated heterocycles. The molecule has 0 aliphatic heterocycles. The van der Waals surface area contributed by atoms with Gasteiger partial charge in [-0.15, -0.1) is 11.6 Å². The van der Waals surface area contributed by atoms with Gasteiger partial charge in [-0.2, -0.15) is 0 Å². The van der Waals surface area contributed by atoms with Crippen molar-refractivity contribution < 1.29 is 19.1 Å². The third kappa shape index (κ3) is 6.06. The second kappa shape index (κ2) is 8.54. The minimum absolute atomic E-state index is 0.0344. The predicted octanol–water partition coefficient (Wildman–Crippen LogP) is 1.52. The Balaban J connectivity index is 2.46. The molecule has 5 nitrogen and oxygen atoms in total. The lowest BCUT2D eigenvalue weighted by atomic mass is 10.0. The highest BCUT2D eigenvalue weighted by atomic mass is 35.5. The van der Waals surface area contributed by atoms with Crippen molar-refractivity contribution in [2.45, 2.75) is 31.6 Å². The second-order valence-electron chi connectivity index (χ2n) is 4.63. The van der Waals surface area contributed by atoms with Crippen molar-refractivity contribution in [1.82, 2.24) is 0 Å². The lowest BCUT2D eigenvalue weighted by molar-refractivity contribution is -0.159. The molecule has 1 atom stereocenters. The van der Waals surface area contributed by atoms with Gasteiger partial charge in [-0.1, -0.05) is 24.3 Å². The lowest BCUT2D eigenvalue weighted by Crippen LogP contribution is -2.24. The smallest absolute Gasteiger partial charge is 0.332 e. The Bertz CT molecular complexity index is 530. The van der Waals surface area contributed by atoms with Crippen LogP contribution in [0.4, 0.5) is 0 Å². The maximum Gasteiger partial charge on any atom is 0.332 e. The average molecular weight is 312 g/mol. The van der Waals surface area contributed by atoms with E-state index in [-0.39, 0.29) is 31.6 Å². The molecule has 21 heavy (non-hydrogen) atoms. The summed E-state index contributed by atoms with van der Waals surface area (Å²) >= 11 is 5.96. The van der Waals surface area contributed by atoms with Crippen LogP contribution in [0.2, 0.25) is 0 Å². The van der Waals surface area contributed by atoms with Crippen LogP contribution in [-0.2, 0) is 25.5 Å². The molecule has 0 aliphatic carbocycles. The molecule has 1 rings (SSSR count). The molecular formula is C15H18ClNO4. The first-order chi connectivity index (χ1) is 9.93. The molecule has 1 aromatic rings. The van der Waals surface area contributed by atoms with Crippen LogP contribution in [-0.4, -0.2) is 29.6 Å². The Morgan fingerprint density at radius 1 is 1.24 bits per heavy atom. The summed E-state index contributed by atoms with van der Waals surface area (Å²) < 4.78 is 4.62. The van der Waals surface area contributed by atoms with E-state index in [0.29, 0.717) is 0 Å². The first-order valence-corrected chi connectivity index (χ1v) is 7.02. The number of carbonyl (C=O) groups is 3. The van der Waals surface area contributed by atoms with E-state index in [1.54, 1.807) is 0 Å². The van der Waals surface area contributed by atoms with Crippen LogP contribution in [0.1, 0.15) is 24.0 Å². The van der Waals surface area contributed by atoms with Gasteiger partial charge in [0.15, 0.2) is 0 Å². The first kappa shape index (κ1) is 17.3. The summed E-state index contributed by atoms with van der Waals surface area (Å²) in [4.78, 5) is 34.1. The summed E-state index contributed by atoms with van der Waals surface area (Å²) in [5, 5.41) is -0.944. The first-order valence-electron chi connectivity index (χ1n) is 6.59. The Morgan fingerprint density at radius 2 is 1.90 bits per heavy atom. The van der Waals surface area contributed by atoms with Gasteiger partial charge in [0.25, 0.3) is 0 Å². The normalized spacial score (nSPS) is 11.8. The summed E-state index contributed by atoms with van der Waals surface area (Å²) in [5.74, 6) is -1.83. The molecule has 0 spiro atoms. The van der Waals surface area contributed by atoms with Crippen molar-refractivity contribution in [3.8, 4) is 0 Å². The minimum Gasteiger partial charge on any atom is -0.392 e. The van der Waals surface area contributed by atoms with Gasteiger partial charge in [0.1, 0.15) is 11.2 Å². The van der Waals surface area contributed by atoms with E-state index in [9.17, 15) is 14.4 Å². The van der Waals surface area contributed by atoms with E-state index in [2.05, 4.69) is 4.74 Å². The van der Waals surface area contributed by atoms with Crippen LogP contribution in [0.15, 0.2) is 24.3 Å². The Kier molecular flexibility index (Phi) is 7.05. The van der Waals surface area contributed by atoms with Crippen LogP contribution in [0.25, 0.3) is 0 Å². The summed E-state index contributed by atoms with van der Waals surface area (Å²) in [6, 6.07) is 7.51. The zero-order chi connectivity index (χ0) is 15.8. The number of hydrogen-bond donors (Lipinski definition) is 1. The molecule has 0 fully saturated rings. The Labute approximate surface area is 128 Å². The number of Topliss-reactive ketones (excluding diaryl/α,β-unsaturated/α-hetero) is 1. The van der Waals surface area contributed by atoms with E-state index >= 15 is 0 Å². The second-order valence-corrected chi connectivity index (χ2v) is 5.16.